The zero-order valence-corrected chi connectivity index (χ0v) is 10.0. The van der Waals surface area contributed by atoms with Gasteiger partial charge >= 0.3 is 0 Å². The lowest BCUT2D eigenvalue weighted by Crippen LogP contribution is -2.25. The molecule has 0 aliphatic carbocycles. The third kappa shape index (κ3) is 2.36. The Hall–Kier alpha value is -2.10. The van der Waals surface area contributed by atoms with Gasteiger partial charge in [-0.1, -0.05) is 18.2 Å². The predicted octanol–water partition coefficient (Wildman–Crippen LogP) is 1.95. The van der Waals surface area contributed by atoms with Crippen LogP contribution in [0.1, 0.15) is 23.1 Å². The van der Waals surface area contributed by atoms with Crippen molar-refractivity contribution in [3.63, 3.8) is 0 Å². The molecule has 4 heteroatoms. The number of aromatic nitrogens is 2. The SMILES string of the molecule is C=C(C)CNC(=O)c1cn2c(C)cccc2n1. The van der Waals surface area contributed by atoms with Crippen molar-refractivity contribution >= 4 is 11.6 Å². The fourth-order valence-corrected chi connectivity index (χ4v) is 1.58. The van der Waals surface area contributed by atoms with Crippen LogP contribution in [0.3, 0.4) is 0 Å². The Balaban J connectivity index is 2.27. The number of carbonyl (C=O) groups is 1. The molecule has 1 N–H and O–H groups in total. The number of carbonyl (C=O) groups excluding carboxylic acids is 1. The summed E-state index contributed by atoms with van der Waals surface area (Å²) >= 11 is 0. The summed E-state index contributed by atoms with van der Waals surface area (Å²) in [5.41, 5.74) is 3.18. The molecule has 0 saturated heterocycles. The Morgan fingerprint density at radius 1 is 1.53 bits per heavy atom. The van der Waals surface area contributed by atoms with Crippen LogP contribution in [0, 0.1) is 6.92 Å². The van der Waals surface area contributed by atoms with E-state index >= 15 is 0 Å². The molecule has 0 bridgehead atoms. The van der Waals surface area contributed by atoms with Crippen molar-refractivity contribution in [2.75, 3.05) is 6.54 Å². The van der Waals surface area contributed by atoms with Crippen LogP contribution in [0.5, 0.6) is 0 Å². The molecule has 0 aromatic carbocycles. The highest BCUT2D eigenvalue weighted by atomic mass is 16.1. The van der Waals surface area contributed by atoms with Gasteiger partial charge < -0.3 is 9.72 Å². The van der Waals surface area contributed by atoms with Gasteiger partial charge in [-0.2, -0.15) is 0 Å². The number of fused-ring (bicyclic) bond motifs is 1. The highest BCUT2D eigenvalue weighted by Crippen LogP contribution is 2.08. The summed E-state index contributed by atoms with van der Waals surface area (Å²) in [5.74, 6) is -0.170. The van der Waals surface area contributed by atoms with E-state index in [1.165, 1.54) is 0 Å². The average molecular weight is 229 g/mol. The first-order chi connectivity index (χ1) is 8.08. The number of amides is 1. The van der Waals surface area contributed by atoms with Gasteiger partial charge in [0.25, 0.3) is 5.91 Å². The van der Waals surface area contributed by atoms with Crippen LogP contribution in [0.15, 0.2) is 36.5 Å². The number of nitrogens with zero attached hydrogens (tertiary/aromatic N) is 2. The quantitative estimate of drug-likeness (QED) is 0.818. The van der Waals surface area contributed by atoms with E-state index in [1.807, 2.05) is 36.4 Å². The first-order valence-electron chi connectivity index (χ1n) is 5.45. The molecule has 0 saturated carbocycles. The van der Waals surface area contributed by atoms with Gasteiger partial charge in [0.1, 0.15) is 11.3 Å². The minimum Gasteiger partial charge on any atom is -0.347 e. The molecular formula is C13H15N3O. The van der Waals surface area contributed by atoms with Gasteiger partial charge in [0, 0.05) is 18.4 Å². The molecule has 2 rings (SSSR count). The van der Waals surface area contributed by atoms with Crippen molar-refractivity contribution in [3.8, 4) is 0 Å². The molecule has 2 heterocycles. The minimum atomic E-state index is -0.170. The maximum Gasteiger partial charge on any atom is 0.271 e. The Kier molecular flexibility index (Phi) is 2.95. The Morgan fingerprint density at radius 3 is 2.94 bits per heavy atom. The van der Waals surface area contributed by atoms with E-state index in [4.69, 9.17) is 0 Å². The van der Waals surface area contributed by atoms with E-state index in [0.29, 0.717) is 12.2 Å². The Morgan fingerprint density at radius 2 is 2.29 bits per heavy atom. The number of rotatable bonds is 3. The summed E-state index contributed by atoms with van der Waals surface area (Å²) in [4.78, 5) is 16.1. The largest absolute Gasteiger partial charge is 0.347 e. The lowest BCUT2D eigenvalue weighted by molar-refractivity contribution is 0.0952. The molecule has 0 radical (unpaired) electrons. The second-order valence-electron chi connectivity index (χ2n) is 4.16. The lowest BCUT2D eigenvalue weighted by Gasteiger charge is -2.00. The van der Waals surface area contributed by atoms with E-state index in [1.54, 1.807) is 6.20 Å². The van der Waals surface area contributed by atoms with Crippen LogP contribution in [-0.2, 0) is 0 Å². The van der Waals surface area contributed by atoms with Crippen molar-refractivity contribution in [1.82, 2.24) is 14.7 Å². The van der Waals surface area contributed by atoms with Gasteiger partial charge in [-0.15, -0.1) is 0 Å². The highest BCUT2D eigenvalue weighted by molar-refractivity contribution is 5.93. The second kappa shape index (κ2) is 4.41. The summed E-state index contributed by atoms with van der Waals surface area (Å²) in [6.45, 7) is 8.06. The van der Waals surface area contributed by atoms with Crippen LogP contribution in [0.2, 0.25) is 0 Å². The van der Waals surface area contributed by atoms with Crippen LogP contribution in [-0.4, -0.2) is 21.8 Å². The first kappa shape index (κ1) is 11.4. The second-order valence-corrected chi connectivity index (χ2v) is 4.16. The Bertz CT molecular complexity index is 583. The molecule has 1 amide bonds. The van der Waals surface area contributed by atoms with E-state index in [-0.39, 0.29) is 5.91 Å². The van der Waals surface area contributed by atoms with Gasteiger partial charge in [-0.05, 0) is 26.0 Å². The maximum absolute atomic E-state index is 11.8. The van der Waals surface area contributed by atoms with Crippen molar-refractivity contribution in [2.45, 2.75) is 13.8 Å². The molecular weight excluding hydrogens is 214 g/mol. The summed E-state index contributed by atoms with van der Waals surface area (Å²) in [6, 6.07) is 5.78. The summed E-state index contributed by atoms with van der Waals surface area (Å²) in [7, 11) is 0. The Labute approximate surface area is 100.0 Å². The van der Waals surface area contributed by atoms with Gasteiger partial charge in [0.2, 0.25) is 0 Å². The molecule has 88 valence electrons. The number of imidazole rings is 1. The molecule has 0 spiro atoms. The third-order valence-electron chi connectivity index (χ3n) is 2.48. The number of hydrogen-bond acceptors (Lipinski definition) is 2. The number of nitrogens with one attached hydrogen (secondary N) is 1. The van der Waals surface area contributed by atoms with E-state index in [2.05, 4.69) is 16.9 Å². The standard InChI is InChI=1S/C13H15N3O/c1-9(2)7-14-13(17)11-8-16-10(3)5-4-6-12(16)15-11/h4-6,8H,1,7H2,2-3H3,(H,14,17). The molecule has 0 aliphatic rings. The van der Waals surface area contributed by atoms with Crippen LogP contribution < -0.4 is 5.32 Å². The normalized spacial score (nSPS) is 10.5. The van der Waals surface area contributed by atoms with Crippen LogP contribution in [0.4, 0.5) is 0 Å². The first-order valence-corrected chi connectivity index (χ1v) is 5.45. The monoisotopic (exact) mass is 229 g/mol. The smallest absolute Gasteiger partial charge is 0.271 e. The van der Waals surface area contributed by atoms with Gasteiger partial charge in [-0.25, -0.2) is 4.98 Å². The van der Waals surface area contributed by atoms with Gasteiger partial charge in [0.05, 0.1) is 0 Å². The zero-order valence-electron chi connectivity index (χ0n) is 10.0. The molecule has 2 aromatic heterocycles. The highest BCUT2D eigenvalue weighted by Gasteiger charge is 2.10. The summed E-state index contributed by atoms with van der Waals surface area (Å²) in [6.07, 6.45) is 1.75. The number of aryl methyl sites for hydroxylation is 1. The van der Waals surface area contributed by atoms with E-state index < -0.39 is 0 Å². The minimum absolute atomic E-state index is 0.170. The fourth-order valence-electron chi connectivity index (χ4n) is 1.58. The van der Waals surface area contributed by atoms with Crippen molar-refractivity contribution in [1.29, 1.82) is 0 Å². The number of hydrogen-bond donors (Lipinski definition) is 1. The fraction of sp³-hybridized carbons (Fsp3) is 0.231. The molecule has 4 nitrogen and oxygen atoms in total. The summed E-state index contributed by atoms with van der Waals surface area (Å²) in [5, 5.41) is 2.76. The van der Waals surface area contributed by atoms with E-state index in [9.17, 15) is 4.79 Å². The molecule has 0 aliphatic heterocycles. The van der Waals surface area contributed by atoms with Crippen molar-refractivity contribution < 1.29 is 4.79 Å². The van der Waals surface area contributed by atoms with Gasteiger partial charge in [-0.3, -0.25) is 4.79 Å². The zero-order chi connectivity index (χ0) is 12.4. The third-order valence-corrected chi connectivity index (χ3v) is 2.48. The molecule has 0 fully saturated rings. The average Bonchev–Trinajstić information content (AvgIpc) is 2.71. The van der Waals surface area contributed by atoms with Crippen molar-refractivity contribution in [3.05, 3.63) is 47.9 Å². The predicted molar refractivity (Wildman–Crippen MR) is 67.1 cm³/mol. The molecule has 17 heavy (non-hydrogen) atoms. The molecule has 2 aromatic rings. The molecule has 0 unspecified atom stereocenters. The van der Waals surface area contributed by atoms with Crippen molar-refractivity contribution in [2.24, 2.45) is 0 Å². The summed E-state index contributed by atoms with van der Waals surface area (Å²) < 4.78 is 1.90. The molecule has 0 atom stereocenters. The van der Waals surface area contributed by atoms with Crippen LogP contribution in [0.25, 0.3) is 5.65 Å². The number of pyridine rings is 1. The topological polar surface area (TPSA) is 46.4 Å². The lowest BCUT2D eigenvalue weighted by atomic mass is 10.3. The van der Waals surface area contributed by atoms with Gasteiger partial charge in [0.15, 0.2) is 0 Å². The van der Waals surface area contributed by atoms with Crippen LogP contribution >= 0.6 is 0 Å². The maximum atomic E-state index is 11.8. The van der Waals surface area contributed by atoms with E-state index in [0.717, 1.165) is 16.9 Å².